The first-order valence-electron chi connectivity index (χ1n) is 9.27. The Morgan fingerprint density at radius 1 is 1.27 bits per heavy atom. The molecule has 4 rings (SSSR count). The fourth-order valence-corrected chi connectivity index (χ4v) is 4.70. The standard InChI is InChI=1S/C21H24N2O2S/c1-2-22-10-9-16-14-17(5-6-18(16)22)21(25)23-11-7-15(8-12-23)20(24)19-4-3-13-26-19/h3-6,9-10,13-15,20,24H,2,7-8,11-12H2,1H3/t20-/m1/s1. The molecule has 4 nitrogen and oxygen atoms in total. The minimum atomic E-state index is -0.405. The first-order valence-corrected chi connectivity index (χ1v) is 10.1. The van der Waals surface area contributed by atoms with Crippen molar-refractivity contribution in [1.82, 2.24) is 9.47 Å². The van der Waals surface area contributed by atoms with Crippen molar-refractivity contribution >= 4 is 28.1 Å². The van der Waals surface area contributed by atoms with Gasteiger partial charge in [0, 0.05) is 47.2 Å². The summed E-state index contributed by atoms with van der Waals surface area (Å²) in [6.07, 6.45) is 3.35. The molecule has 1 amide bonds. The predicted molar refractivity (Wildman–Crippen MR) is 106 cm³/mol. The van der Waals surface area contributed by atoms with Crippen molar-refractivity contribution in [3.8, 4) is 0 Å². The van der Waals surface area contributed by atoms with Gasteiger partial charge in [0.05, 0.1) is 6.10 Å². The van der Waals surface area contributed by atoms with Crippen LogP contribution in [0, 0.1) is 5.92 Å². The average molecular weight is 369 g/mol. The lowest BCUT2D eigenvalue weighted by Gasteiger charge is -2.34. The number of hydrogen-bond donors (Lipinski definition) is 1. The number of aryl methyl sites for hydroxylation is 1. The highest BCUT2D eigenvalue weighted by Gasteiger charge is 2.29. The molecule has 1 atom stereocenters. The quantitative estimate of drug-likeness (QED) is 0.746. The van der Waals surface area contributed by atoms with Crippen molar-refractivity contribution < 1.29 is 9.90 Å². The highest BCUT2D eigenvalue weighted by Crippen LogP contribution is 2.33. The van der Waals surface area contributed by atoms with Crippen LogP contribution in [0.2, 0.25) is 0 Å². The van der Waals surface area contributed by atoms with Crippen molar-refractivity contribution in [2.75, 3.05) is 13.1 Å². The summed E-state index contributed by atoms with van der Waals surface area (Å²) in [6, 6.07) is 12.0. The summed E-state index contributed by atoms with van der Waals surface area (Å²) in [4.78, 5) is 15.8. The second-order valence-electron chi connectivity index (χ2n) is 6.97. The first kappa shape index (κ1) is 17.3. The molecule has 1 aliphatic heterocycles. The number of fused-ring (bicyclic) bond motifs is 1. The molecule has 3 heterocycles. The van der Waals surface area contributed by atoms with Crippen LogP contribution in [0.25, 0.3) is 10.9 Å². The molecule has 0 unspecified atom stereocenters. The second-order valence-corrected chi connectivity index (χ2v) is 7.94. The molecule has 0 aliphatic carbocycles. The van der Waals surface area contributed by atoms with Crippen LogP contribution < -0.4 is 0 Å². The second kappa shape index (κ2) is 7.25. The third-order valence-corrected chi connectivity index (χ3v) is 6.41. The molecule has 0 saturated carbocycles. The number of amides is 1. The number of likely N-dealkylation sites (tertiary alicyclic amines) is 1. The Morgan fingerprint density at radius 2 is 2.08 bits per heavy atom. The van der Waals surface area contributed by atoms with Crippen LogP contribution in [-0.2, 0) is 6.54 Å². The van der Waals surface area contributed by atoms with Crippen LogP contribution >= 0.6 is 11.3 Å². The summed E-state index contributed by atoms with van der Waals surface area (Å²) in [6.45, 7) is 4.46. The molecular weight excluding hydrogens is 344 g/mol. The monoisotopic (exact) mass is 368 g/mol. The van der Waals surface area contributed by atoms with E-state index in [0.717, 1.165) is 35.2 Å². The fourth-order valence-electron chi connectivity index (χ4n) is 3.90. The van der Waals surface area contributed by atoms with Gasteiger partial charge in [-0.2, -0.15) is 0 Å². The van der Waals surface area contributed by atoms with Gasteiger partial charge in [-0.1, -0.05) is 6.07 Å². The Labute approximate surface area is 157 Å². The number of aromatic nitrogens is 1. The number of aliphatic hydroxyl groups is 1. The summed E-state index contributed by atoms with van der Waals surface area (Å²) < 4.78 is 2.18. The Morgan fingerprint density at radius 3 is 2.77 bits per heavy atom. The van der Waals surface area contributed by atoms with Crippen molar-refractivity contribution in [3.63, 3.8) is 0 Å². The average Bonchev–Trinajstić information content (AvgIpc) is 3.36. The van der Waals surface area contributed by atoms with Gasteiger partial charge in [0.15, 0.2) is 0 Å². The van der Waals surface area contributed by atoms with Gasteiger partial charge in [-0.25, -0.2) is 0 Å². The summed E-state index contributed by atoms with van der Waals surface area (Å²) in [5, 5.41) is 13.6. The lowest BCUT2D eigenvalue weighted by atomic mass is 9.90. The topological polar surface area (TPSA) is 45.5 Å². The Hall–Kier alpha value is -2.11. The predicted octanol–water partition coefficient (Wildman–Crippen LogP) is 4.31. The zero-order chi connectivity index (χ0) is 18.1. The molecule has 0 spiro atoms. The maximum absolute atomic E-state index is 12.9. The van der Waals surface area contributed by atoms with Gasteiger partial charge >= 0.3 is 0 Å². The maximum atomic E-state index is 12.9. The van der Waals surface area contributed by atoms with Crippen molar-refractivity contribution in [2.45, 2.75) is 32.4 Å². The van der Waals surface area contributed by atoms with Gasteiger partial charge in [0.1, 0.15) is 0 Å². The highest BCUT2D eigenvalue weighted by molar-refractivity contribution is 7.10. The van der Waals surface area contributed by atoms with E-state index in [-0.39, 0.29) is 11.8 Å². The Bertz CT molecular complexity index is 892. The molecule has 3 aromatic rings. The van der Waals surface area contributed by atoms with E-state index in [4.69, 9.17) is 0 Å². The largest absolute Gasteiger partial charge is 0.387 e. The lowest BCUT2D eigenvalue weighted by Crippen LogP contribution is -2.39. The van der Waals surface area contributed by atoms with Crippen LogP contribution in [0.15, 0.2) is 48.0 Å². The zero-order valence-electron chi connectivity index (χ0n) is 15.0. The number of rotatable bonds is 4. The molecule has 1 aromatic carbocycles. The SMILES string of the molecule is CCn1ccc2cc(C(=O)N3CCC([C@@H](O)c4cccs4)CC3)ccc21. The number of hydrogen-bond acceptors (Lipinski definition) is 3. The summed E-state index contributed by atoms with van der Waals surface area (Å²) >= 11 is 1.60. The molecule has 1 aliphatic rings. The number of benzene rings is 1. The van der Waals surface area contributed by atoms with Crippen LogP contribution in [0.4, 0.5) is 0 Å². The maximum Gasteiger partial charge on any atom is 0.253 e. The fraction of sp³-hybridized carbons (Fsp3) is 0.381. The molecule has 136 valence electrons. The molecule has 5 heteroatoms. The Balaban J connectivity index is 1.43. The van der Waals surface area contributed by atoms with Gasteiger partial charge in [-0.3, -0.25) is 4.79 Å². The number of piperidine rings is 1. The molecule has 1 N–H and O–H groups in total. The van der Waals surface area contributed by atoms with Gasteiger partial charge in [0.25, 0.3) is 5.91 Å². The molecule has 0 bridgehead atoms. The van der Waals surface area contributed by atoms with E-state index in [0.29, 0.717) is 13.1 Å². The third-order valence-electron chi connectivity index (χ3n) is 5.47. The summed E-state index contributed by atoms with van der Waals surface area (Å²) in [5.74, 6) is 0.332. The molecule has 0 radical (unpaired) electrons. The summed E-state index contributed by atoms with van der Waals surface area (Å²) in [5.41, 5.74) is 1.92. The van der Waals surface area contributed by atoms with Crippen LogP contribution in [0.1, 0.15) is 41.1 Å². The molecule has 1 saturated heterocycles. The number of carbonyl (C=O) groups excluding carboxylic acids is 1. The van der Waals surface area contributed by atoms with E-state index in [2.05, 4.69) is 23.8 Å². The van der Waals surface area contributed by atoms with Gasteiger partial charge in [0.2, 0.25) is 0 Å². The number of aliphatic hydroxyl groups excluding tert-OH is 1. The molecule has 1 fully saturated rings. The van der Waals surface area contributed by atoms with E-state index in [1.165, 1.54) is 5.52 Å². The third kappa shape index (κ3) is 3.17. The van der Waals surface area contributed by atoms with Crippen molar-refractivity contribution in [1.29, 1.82) is 0 Å². The van der Waals surface area contributed by atoms with Gasteiger partial charge in [-0.15, -0.1) is 11.3 Å². The van der Waals surface area contributed by atoms with E-state index in [9.17, 15) is 9.90 Å². The lowest BCUT2D eigenvalue weighted by molar-refractivity contribution is 0.0474. The van der Waals surface area contributed by atoms with Crippen LogP contribution in [0.3, 0.4) is 0 Å². The smallest absolute Gasteiger partial charge is 0.253 e. The van der Waals surface area contributed by atoms with Crippen LogP contribution in [0.5, 0.6) is 0 Å². The molecule has 2 aromatic heterocycles. The van der Waals surface area contributed by atoms with Crippen molar-refractivity contribution in [2.24, 2.45) is 5.92 Å². The van der Waals surface area contributed by atoms with E-state index >= 15 is 0 Å². The highest BCUT2D eigenvalue weighted by atomic mass is 32.1. The molecule has 26 heavy (non-hydrogen) atoms. The van der Waals surface area contributed by atoms with E-state index in [1.54, 1.807) is 11.3 Å². The first-order chi connectivity index (χ1) is 12.7. The minimum Gasteiger partial charge on any atom is -0.387 e. The summed E-state index contributed by atoms with van der Waals surface area (Å²) in [7, 11) is 0. The number of thiophene rings is 1. The normalized spacial score (nSPS) is 16.9. The van der Waals surface area contributed by atoms with Gasteiger partial charge in [-0.05, 0) is 61.4 Å². The minimum absolute atomic E-state index is 0.0974. The van der Waals surface area contributed by atoms with E-state index < -0.39 is 6.10 Å². The van der Waals surface area contributed by atoms with E-state index in [1.807, 2.05) is 40.6 Å². The zero-order valence-corrected chi connectivity index (χ0v) is 15.8. The Kier molecular flexibility index (Phi) is 4.83. The number of carbonyl (C=O) groups is 1. The van der Waals surface area contributed by atoms with Crippen LogP contribution in [-0.4, -0.2) is 33.6 Å². The number of nitrogens with zero attached hydrogens (tertiary/aromatic N) is 2. The molecular formula is C21H24N2O2S. The van der Waals surface area contributed by atoms with Crippen molar-refractivity contribution in [3.05, 3.63) is 58.4 Å². The van der Waals surface area contributed by atoms with Gasteiger partial charge < -0.3 is 14.6 Å².